The number of pyridine rings is 1. The van der Waals surface area contributed by atoms with Crippen molar-refractivity contribution in [3.8, 4) is 22.8 Å². The molecule has 0 saturated heterocycles. The summed E-state index contributed by atoms with van der Waals surface area (Å²) < 4.78 is 41.4. The molecular formula is C32H37F2NO4. The van der Waals surface area contributed by atoms with Crippen LogP contribution < -0.4 is 9.47 Å². The molecule has 39 heavy (non-hydrogen) atoms. The number of aromatic nitrogens is 1. The number of carbonyl (C=O) groups is 1. The van der Waals surface area contributed by atoms with Crippen LogP contribution in [-0.4, -0.2) is 23.2 Å². The Morgan fingerprint density at radius 3 is 2.54 bits per heavy atom. The van der Waals surface area contributed by atoms with Gasteiger partial charge in [0.15, 0.2) is 11.6 Å². The Labute approximate surface area is 229 Å². The smallest absolute Gasteiger partial charge is 0.300 e. The van der Waals surface area contributed by atoms with Crippen LogP contribution in [0.1, 0.15) is 87.5 Å². The van der Waals surface area contributed by atoms with Crippen LogP contribution in [0.4, 0.5) is 8.78 Å². The van der Waals surface area contributed by atoms with Gasteiger partial charge in [0.25, 0.3) is 5.97 Å². The average Bonchev–Trinajstić information content (AvgIpc) is 3.45. The van der Waals surface area contributed by atoms with Crippen LogP contribution in [-0.2, 0) is 17.8 Å². The summed E-state index contributed by atoms with van der Waals surface area (Å²) in [6, 6.07) is 11.4. The van der Waals surface area contributed by atoms with Crippen LogP contribution in [0.2, 0.25) is 0 Å². The maximum absolute atomic E-state index is 15.2. The van der Waals surface area contributed by atoms with Gasteiger partial charge in [-0.25, -0.2) is 13.8 Å². The molecule has 2 atom stereocenters. The SMILES string of the molecule is CC(=O)O.COc1cc(-c2ccc(COc3ccc4c(c3F)C(C)CC4)cc2C2CCCC2(C)C)c(F)cn1. The molecule has 2 unspecified atom stereocenters. The molecule has 1 N–H and O–H groups in total. The number of nitrogens with zero attached hydrogens (tertiary/aromatic N) is 1. The lowest BCUT2D eigenvalue weighted by Crippen LogP contribution is -2.17. The predicted octanol–water partition coefficient (Wildman–Crippen LogP) is 8.05. The zero-order valence-corrected chi connectivity index (χ0v) is 23.3. The van der Waals surface area contributed by atoms with Crippen LogP contribution >= 0.6 is 0 Å². The molecule has 0 amide bonds. The van der Waals surface area contributed by atoms with Crippen LogP contribution in [0.5, 0.6) is 11.6 Å². The van der Waals surface area contributed by atoms with Gasteiger partial charge in [0.2, 0.25) is 5.88 Å². The van der Waals surface area contributed by atoms with Crippen molar-refractivity contribution < 1.29 is 28.2 Å². The number of aryl methyl sites for hydroxylation is 1. The van der Waals surface area contributed by atoms with Crippen LogP contribution in [0, 0.1) is 17.0 Å². The minimum absolute atomic E-state index is 0.101. The third-order valence-electron chi connectivity index (χ3n) is 8.05. The van der Waals surface area contributed by atoms with Crippen molar-refractivity contribution in [3.05, 3.63) is 76.5 Å². The topological polar surface area (TPSA) is 68.7 Å². The number of fused-ring (bicyclic) bond motifs is 1. The first-order valence-electron chi connectivity index (χ1n) is 13.5. The Kier molecular flexibility index (Phi) is 8.57. The summed E-state index contributed by atoms with van der Waals surface area (Å²) in [4.78, 5) is 13.0. The van der Waals surface area contributed by atoms with E-state index in [1.165, 1.54) is 13.3 Å². The Hall–Kier alpha value is -3.48. The van der Waals surface area contributed by atoms with E-state index in [1.807, 2.05) is 18.2 Å². The minimum Gasteiger partial charge on any atom is -0.486 e. The molecule has 0 aliphatic heterocycles. The van der Waals surface area contributed by atoms with E-state index in [4.69, 9.17) is 19.4 Å². The second-order valence-corrected chi connectivity index (χ2v) is 11.3. The quantitative estimate of drug-likeness (QED) is 0.345. The predicted molar refractivity (Wildman–Crippen MR) is 147 cm³/mol. The van der Waals surface area contributed by atoms with E-state index < -0.39 is 5.97 Å². The van der Waals surface area contributed by atoms with Gasteiger partial charge in [0, 0.05) is 18.6 Å². The van der Waals surface area contributed by atoms with E-state index in [1.54, 1.807) is 12.1 Å². The van der Waals surface area contributed by atoms with Crippen molar-refractivity contribution >= 4 is 5.97 Å². The number of aliphatic carboxylic acids is 1. The van der Waals surface area contributed by atoms with Crippen LogP contribution in [0.15, 0.2) is 42.6 Å². The van der Waals surface area contributed by atoms with Crippen molar-refractivity contribution in [2.75, 3.05) is 7.11 Å². The van der Waals surface area contributed by atoms with Crippen molar-refractivity contribution in [2.45, 2.75) is 78.2 Å². The summed E-state index contributed by atoms with van der Waals surface area (Å²) in [5.41, 5.74) is 5.37. The standard InChI is InChI=1S/C30H33F2NO2.C2H4O2/c1-18-7-9-20-10-12-26(29(32)28(18)20)35-17-19-8-11-21(23-15-27(34-4)33-16-25(23)31)22(14-19)24-6-5-13-30(24,2)3;1-2(3)4/h8,10-12,14-16,18,24H,5-7,9,13,17H2,1-4H3;1H3,(H,3,4). The highest BCUT2D eigenvalue weighted by Crippen LogP contribution is 2.51. The Bertz CT molecular complexity index is 1350. The minimum atomic E-state index is -0.833. The highest BCUT2D eigenvalue weighted by Gasteiger charge is 2.37. The lowest BCUT2D eigenvalue weighted by molar-refractivity contribution is -0.134. The highest BCUT2D eigenvalue weighted by molar-refractivity contribution is 5.70. The van der Waals surface area contributed by atoms with Gasteiger partial charge in [0.05, 0.1) is 13.3 Å². The number of halogens is 2. The first-order valence-corrected chi connectivity index (χ1v) is 13.5. The lowest BCUT2D eigenvalue weighted by Gasteiger charge is -2.30. The van der Waals surface area contributed by atoms with Gasteiger partial charge in [-0.15, -0.1) is 0 Å². The lowest BCUT2D eigenvalue weighted by atomic mass is 9.75. The Morgan fingerprint density at radius 2 is 1.87 bits per heavy atom. The summed E-state index contributed by atoms with van der Waals surface area (Å²) >= 11 is 0. The molecule has 5 nitrogen and oxygen atoms in total. The molecule has 5 rings (SSSR count). The number of ether oxygens (including phenoxy) is 2. The molecule has 0 radical (unpaired) electrons. The second kappa shape index (κ2) is 11.7. The number of methoxy groups -OCH3 is 1. The summed E-state index contributed by atoms with van der Waals surface area (Å²) in [5.74, 6) is -0.251. The Balaban J connectivity index is 0.000000826. The van der Waals surface area contributed by atoms with Gasteiger partial charge in [-0.2, -0.15) is 0 Å². The van der Waals surface area contributed by atoms with E-state index in [9.17, 15) is 4.39 Å². The van der Waals surface area contributed by atoms with Gasteiger partial charge in [-0.3, -0.25) is 4.79 Å². The second-order valence-electron chi connectivity index (χ2n) is 11.3. The van der Waals surface area contributed by atoms with Gasteiger partial charge in [-0.1, -0.05) is 51.5 Å². The van der Waals surface area contributed by atoms with Gasteiger partial charge in [0.1, 0.15) is 12.4 Å². The normalized spacial score (nSPS) is 19.2. The van der Waals surface area contributed by atoms with E-state index in [0.717, 1.165) is 66.8 Å². The van der Waals surface area contributed by atoms with Crippen molar-refractivity contribution in [3.63, 3.8) is 0 Å². The number of carboxylic acid groups (broad SMARTS) is 1. The molecule has 0 bridgehead atoms. The Morgan fingerprint density at radius 1 is 1.13 bits per heavy atom. The summed E-state index contributed by atoms with van der Waals surface area (Å²) in [6.07, 6.45) is 6.43. The third-order valence-corrected chi connectivity index (χ3v) is 8.05. The molecule has 3 aromatic rings. The van der Waals surface area contributed by atoms with Gasteiger partial charge < -0.3 is 14.6 Å². The number of hydrogen-bond acceptors (Lipinski definition) is 4. The molecule has 208 valence electrons. The van der Waals surface area contributed by atoms with E-state index in [0.29, 0.717) is 17.2 Å². The maximum atomic E-state index is 15.2. The van der Waals surface area contributed by atoms with Crippen molar-refractivity contribution in [1.82, 2.24) is 4.98 Å². The number of rotatable bonds is 6. The first-order chi connectivity index (χ1) is 18.5. The average molecular weight is 538 g/mol. The maximum Gasteiger partial charge on any atom is 0.300 e. The molecule has 1 fully saturated rings. The monoisotopic (exact) mass is 537 g/mol. The molecule has 2 aliphatic rings. The zero-order chi connectivity index (χ0) is 28.3. The third kappa shape index (κ3) is 6.23. The summed E-state index contributed by atoms with van der Waals surface area (Å²) in [6.45, 7) is 7.97. The van der Waals surface area contributed by atoms with E-state index in [-0.39, 0.29) is 35.5 Å². The molecule has 1 saturated carbocycles. The number of benzene rings is 2. The molecule has 2 aromatic carbocycles. The van der Waals surface area contributed by atoms with Crippen LogP contribution in [0.25, 0.3) is 11.1 Å². The summed E-state index contributed by atoms with van der Waals surface area (Å²) in [5, 5.41) is 7.42. The molecule has 2 aliphatic carbocycles. The largest absolute Gasteiger partial charge is 0.486 e. The zero-order valence-electron chi connectivity index (χ0n) is 23.3. The fourth-order valence-corrected chi connectivity index (χ4v) is 6.03. The van der Waals surface area contributed by atoms with E-state index in [2.05, 4.69) is 31.8 Å². The number of hydrogen-bond donors (Lipinski definition) is 1. The van der Waals surface area contributed by atoms with Gasteiger partial charge in [-0.05, 0) is 76.8 Å². The van der Waals surface area contributed by atoms with Crippen LogP contribution in [0.3, 0.4) is 0 Å². The van der Waals surface area contributed by atoms with Gasteiger partial charge >= 0.3 is 0 Å². The molecule has 1 heterocycles. The fraction of sp³-hybridized carbons (Fsp3) is 0.438. The molecule has 0 spiro atoms. The molecule has 7 heteroatoms. The summed E-state index contributed by atoms with van der Waals surface area (Å²) in [7, 11) is 1.53. The first kappa shape index (κ1) is 28.5. The molecular weight excluding hydrogens is 500 g/mol. The highest BCUT2D eigenvalue weighted by atomic mass is 19.1. The fourth-order valence-electron chi connectivity index (χ4n) is 6.03. The number of carboxylic acids is 1. The molecule has 1 aromatic heterocycles. The van der Waals surface area contributed by atoms with E-state index >= 15 is 4.39 Å². The van der Waals surface area contributed by atoms with Crippen molar-refractivity contribution in [1.29, 1.82) is 0 Å². The van der Waals surface area contributed by atoms with Crippen molar-refractivity contribution in [2.24, 2.45) is 5.41 Å².